The zero-order chi connectivity index (χ0) is 17.1. The summed E-state index contributed by atoms with van der Waals surface area (Å²) in [6.07, 6.45) is 0. The van der Waals surface area contributed by atoms with Crippen molar-refractivity contribution in [3.8, 4) is 5.75 Å². The van der Waals surface area contributed by atoms with Gasteiger partial charge in [0.2, 0.25) is 0 Å². The van der Waals surface area contributed by atoms with Crippen molar-refractivity contribution in [3.05, 3.63) is 47.7 Å². The summed E-state index contributed by atoms with van der Waals surface area (Å²) in [5.74, 6) is 0.849. The van der Waals surface area contributed by atoms with Gasteiger partial charge in [-0.1, -0.05) is 6.07 Å². The Kier molecular flexibility index (Phi) is 4.55. The van der Waals surface area contributed by atoms with Crippen molar-refractivity contribution in [2.75, 3.05) is 36.4 Å². The van der Waals surface area contributed by atoms with Crippen molar-refractivity contribution in [1.82, 2.24) is 9.88 Å². The minimum atomic E-state index is -0.122. The van der Waals surface area contributed by atoms with E-state index in [1.54, 1.807) is 17.0 Å². The molecule has 24 heavy (non-hydrogen) atoms. The smallest absolute Gasteiger partial charge is 0.323 e. The largest absolute Gasteiger partial charge is 0.508 e. The van der Waals surface area contributed by atoms with Crippen LogP contribution in [0.15, 0.2) is 36.4 Å². The third kappa shape index (κ3) is 3.76. The lowest BCUT2D eigenvalue weighted by molar-refractivity contribution is 0.208. The maximum Gasteiger partial charge on any atom is 0.323 e. The van der Waals surface area contributed by atoms with Crippen LogP contribution in [-0.4, -0.2) is 47.2 Å². The highest BCUT2D eigenvalue weighted by Crippen LogP contribution is 2.21. The van der Waals surface area contributed by atoms with Gasteiger partial charge in [-0.25, -0.2) is 9.78 Å². The first-order valence-electron chi connectivity index (χ1n) is 8.06. The number of phenolic OH excluding ortho intramolecular Hbond substituents is 1. The Morgan fingerprint density at radius 2 is 1.88 bits per heavy atom. The van der Waals surface area contributed by atoms with E-state index in [-0.39, 0.29) is 11.8 Å². The molecule has 2 amide bonds. The second-order valence-corrected chi connectivity index (χ2v) is 6.10. The van der Waals surface area contributed by atoms with Gasteiger partial charge in [-0.05, 0) is 43.7 Å². The number of nitrogens with one attached hydrogen (secondary N) is 1. The maximum absolute atomic E-state index is 12.4. The summed E-state index contributed by atoms with van der Waals surface area (Å²) in [5.41, 5.74) is 2.94. The number of nitrogens with zero attached hydrogens (tertiary/aromatic N) is 3. The SMILES string of the molecule is Cc1cc(C)nc(NC(=O)N2CCN(c3cccc(O)c3)CC2)c1. The van der Waals surface area contributed by atoms with Crippen LogP contribution in [0, 0.1) is 13.8 Å². The number of hydrogen-bond donors (Lipinski definition) is 2. The summed E-state index contributed by atoms with van der Waals surface area (Å²) in [5, 5.41) is 12.5. The lowest BCUT2D eigenvalue weighted by Crippen LogP contribution is -2.50. The van der Waals surface area contributed by atoms with Crippen LogP contribution in [0.2, 0.25) is 0 Å². The average molecular weight is 326 g/mol. The molecule has 0 saturated carbocycles. The standard InChI is InChI=1S/C18H22N4O2/c1-13-10-14(2)19-17(11-13)20-18(24)22-8-6-21(7-9-22)15-4-3-5-16(23)12-15/h3-5,10-12,23H,6-9H2,1-2H3,(H,19,20,24). The van der Waals surface area contributed by atoms with Crippen molar-refractivity contribution in [3.63, 3.8) is 0 Å². The quantitative estimate of drug-likeness (QED) is 0.890. The molecule has 0 radical (unpaired) electrons. The molecule has 6 heteroatoms. The first-order chi connectivity index (χ1) is 11.5. The molecule has 126 valence electrons. The Bertz CT molecular complexity index is 719. The first kappa shape index (κ1) is 16.1. The van der Waals surface area contributed by atoms with Gasteiger partial charge in [-0.3, -0.25) is 5.32 Å². The Labute approximate surface area is 141 Å². The highest BCUT2D eigenvalue weighted by Gasteiger charge is 2.21. The van der Waals surface area contributed by atoms with Gasteiger partial charge >= 0.3 is 6.03 Å². The van der Waals surface area contributed by atoms with E-state index < -0.39 is 0 Å². The Morgan fingerprint density at radius 1 is 1.12 bits per heavy atom. The van der Waals surface area contributed by atoms with Gasteiger partial charge < -0.3 is 14.9 Å². The number of aromatic hydroxyl groups is 1. The van der Waals surface area contributed by atoms with Crippen LogP contribution >= 0.6 is 0 Å². The molecule has 0 bridgehead atoms. The van der Waals surface area contributed by atoms with Gasteiger partial charge in [-0.2, -0.15) is 0 Å². The zero-order valence-corrected chi connectivity index (χ0v) is 14.0. The normalized spacial score (nSPS) is 14.6. The van der Waals surface area contributed by atoms with Crippen LogP contribution in [0.5, 0.6) is 5.75 Å². The monoisotopic (exact) mass is 326 g/mol. The molecule has 2 N–H and O–H groups in total. The summed E-state index contributed by atoms with van der Waals surface area (Å²) in [6.45, 7) is 6.63. The molecule has 3 rings (SSSR count). The number of amides is 2. The number of anilines is 2. The van der Waals surface area contributed by atoms with Gasteiger partial charge in [0.05, 0.1) is 0 Å². The fourth-order valence-corrected chi connectivity index (χ4v) is 2.95. The third-order valence-corrected chi connectivity index (χ3v) is 4.09. The van der Waals surface area contributed by atoms with Crippen LogP contribution in [0.25, 0.3) is 0 Å². The molecule has 0 unspecified atom stereocenters. The van der Waals surface area contributed by atoms with Crippen LogP contribution < -0.4 is 10.2 Å². The van der Waals surface area contributed by atoms with Gasteiger partial charge in [-0.15, -0.1) is 0 Å². The second kappa shape index (κ2) is 6.78. The number of carbonyl (C=O) groups is 1. The van der Waals surface area contributed by atoms with Crippen LogP contribution in [0.1, 0.15) is 11.3 Å². The van der Waals surface area contributed by atoms with Crippen LogP contribution in [-0.2, 0) is 0 Å². The summed E-state index contributed by atoms with van der Waals surface area (Å²) >= 11 is 0. The molecule has 2 heterocycles. The average Bonchev–Trinajstić information content (AvgIpc) is 2.54. The molecule has 0 aliphatic carbocycles. The number of aromatic nitrogens is 1. The van der Waals surface area contributed by atoms with Gasteiger partial charge in [0, 0.05) is 43.6 Å². The van der Waals surface area contributed by atoms with Gasteiger partial charge in [0.15, 0.2) is 0 Å². The summed E-state index contributed by atoms with van der Waals surface area (Å²) in [7, 11) is 0. The number of benzene rings is 1. The van der Waals surface area contributed by atoms with Crippen LogP contribution in [0.3, 0.4) is 0 Å². The molecular formula is C18H22N4O2. The predicted octanol–water partition coefficient (Wildman–Crippen LogP) is 2.76. The lowest BCUT2D eigenvalue weighted by Gasteiger charge is -2.36. The van der Waals surface area contributed by atoms with Crippen molar-refractivity contribution in [1.29, 1.82) is 0 Å². The molecule has 6 nitrogen and oxygen atoms in total. The van der Waals surface area contributed by atoms with Crippen molar-refractivity contribution in [2.45, 2.75) is 13.8 Å². The maximum atomic E-state index is 12.4. The van der Waals surface area contributed by atoms with Crippen LogP contribution in [0.4, 0.5) is 16.3 Å². The summed E-state index contributed by atoms with van der Waals surface area (Å²) in [4.78, 5) is 20.7. The van der Waals surface area contributed by atoms with Crippen molar-refractivity contribution < 1.29 is 9.90 Å². The fraction of sp³-hybridized carbons (Fsp3) is 0.333. The summed E-state index contributed by atoms with van der Waals surface area (Å²) in [6, 6.07) is 10.9. The molecule has 0 atom stereocenters. The number of aryl methyl sites for hydroxylation is 2. The van der Waals surface area contributed by atoms with E-state index in [4.69, 9.17) is 0 Å². The number of pyridine rings is 1. The van der Waals surface area contributed by atoms with E-state index in [1.165, 1.54) is 0 Å². The first-order valence-corrected chi connectivity index (χ1v) is 8.06. The zero-order valence-electron chi connectivity index (χ0n) is 14.0. The number of phenols is 1. The number of rotatable bonds is 2. The number of carbonyl (C=O) groups excluding carboxylic acids is 1. The highest BCUT2D eigenvalue weighted by molar-refractivity contribution is 5.88. The topological polar surface area (TPSA) is 68.7 Å². The predicted molar refractivity (Wildman–Crippen MR) is 94.6 cm³/mol. The molecule has 1 aromatic heterocycles. The molecule has 2 aromatic rings. The van der Waals surface area contributed by atoms with Gasteiger partial charge in [0.1, 0.15) is 11.6 Å². The number of piperazine rings is 1. The number of urea groups is 1. The van der Waals surface area contributed by atoms with Crippen molar-refractivity contribution >= 4 is 17.5 Å². The Morgan fingerprint density at radius 3 is 2.54 bits per heavy atom. The number of hydrogen-bond acceptors (Lipinski definition) is 4. The molecular weight excluding hydrogens is 304 g/mol. The van der Waals surface area contributed by atoms with E-state index in [9.17, 15) is 9.90 Å². The van der Waals surface area contributed by atoms with E-state index in [1.807, 2.05) is 38.1 Å². The molecule has 1 aliphatic heterocycles. The minimum absolute atomic E-state index is 0.122. The van der Waals surface area contributed by atoms with E-state index in [2.05, 4.69) is 15.2 Å². The molecule has 1 saturated heterocycles. The fourth-order valence-electron chi connectivity index (χ4n) is 2.95. The Hall–Kier alpha value is -2.76. The van der Waals surface area contributed by atoms with Gasteiger partial charge in [0.25, 0.3) is 0 Å². The Balaban J connectivity index is 1.59. The minimum Gasteiger partial charge on any atom is -0.508 e. The molecule has 1 aliphatic rings. The third-order valence-electron chi connectivity index (χ3n) is 4.09. The molecule has 1 fully saturated rings. The highest BCUT2D eigenvalue weighted by atomic mass is 16.3. The van der Waals surface area contributed by atoms with Crippen molar-refractivity contribution in [2.24, 2.45) is 0 Å². The summed E-state index contributed by atoms with van der Waals surface area (Å²) < 4.78 is 0. The molecule has 0 spiro atoms. The van der Waals surface area contributed by atoms with E-state index in [0.29, 0.717) is 18.9 Å². The van der Waals surface area contributed by atoms with E-state index >= 15 is 0 Å². The second-order valence-electron chi connectivity index (χ2n) is 6.10. The van der Waals surface area contributed by atoms with E-state index in [0.717, 1.165) is 30.0 Å². The lowest BCUT2D eigenvalue weighted by atomic mass is 10.2. The molecule has 1 aromatic carbocycles.